The largest absolute Gasteiger partial charge is 0.335 e. The van der Waals surface area contributed by atoms with Gasteiger partial charge in [-0.15, -0.1) is 11.3 Å². The van der Waals surface area contributed by atoms with Gasteiger partial charge < -0.3 is 10.6 Å². The maximum atomic E-state index is 12.5. The van der Waals surface area contributed by atoms with Crippen LogP contribution < -0.4 is 5.73 Å². The number of aryl methyl sites for hydroxylation is 2. The number of carbonyl (C=O) groups is 1. The maximum absolute atomic E-state index is 12.5. The highest BCUT2D eigenvalue weighted by atomic mass is 32.1. The number of amides is 1. The highest BCUT2D eigenvalue weighted by Gasteiger charge is 2.24. The standard InChI is InChI=1S/C16H24N6OS/c1-11-13(12(2)20(3)19-11)9-21-4-6-22(7-5-21)16(23)14-10-24-15(8-17)18-14/h10H,4-9,17H2,1-3H3. The first-order valence-electron chi connectivity index (χ1n) is 8.14. The van der Waals surface area contributed by atoms with E-state index < -0.39 is 0 Å². The third-order valence-corrected chi connectivity index (χ3v) is 5.52. The van der Waals surface area contributed by atoms with Crippen LogP contribution in [0.25, 0.3) is 0 Å². The molecule has 3 heterocycles. The maximum Gasteiger partial charge on any atom is 0.273 e. The van der Waals surface area contributed by atoms with Crippen molar-refractivity contribution in [3.05, 3.63) is 33.0 Å². The number of nitrogens with zero attached hydrogens (tertiary/aromatic N) is 5. The predicted molar refractivity (Wildman–Crippen MR) is 93.9 cm³/mol. The molecule has 24 heavy (non-hydrogen) atoms. The van der Waals surface area contributed by atoms with Crippen LogP contribution in [0.3, 0.4) is 0 Å². The summed E-state index contributed by atoms with van der Waals surface area (Å²) in [5.41, 5.74) is 9.68. The second kappa shape index (κ2) is 7.00. The molecule has 0 saturated carbocycles. The summed E-state index contributed by atoms with van der Waals surface area (Å²) in [6.07, 6.45) is 0. The molecule has 1 fully saturated rings. The molecule has 1 saturated heterocycles. The lowest BCUT2D eigenvalue weighted by atomic mass is 10.1. The Kier molecular flexibility index (Phi) is 4.98. The first-order chi connectivity index (χ1) is 11.5. The quantitative estimate of drug-likeness (QED) is 0.888. The average molecular weight is 348 g/mol. The van der Waals surface area contributed by atoms with Crippen LogP contribution in [-0.2, 0) is 20.1 Å². The van der Waals surface area contributed by atoms with Crippen LogP contribution in [0.1, 0.15) is 32.4 Å². The normalized spacial score (nSPS) is 15.9. The van der Waals surface area contributed by atoms with Crippen molar-refractivity contribution in [2.24, 2.45) is 12.8 Å². The van der Waals surface area contributed by atoms with Gasteiger partial charge in [0.2, 0.25) is 0 Å². The van der Waals surface area contributed by atoms with Crippen LogP contribution in [0.2, 0.25) is 0 Å². The molecule has 7 nitrogen and oxygen atoms in total. The number of rotatable bonds is 4. The molecule has 1 aliphatic rings. The molecular formula is C16H24N6OS. The molecule has 0 bridgehead atoms. The van der Waals surface area contributed by atoms with Gasteiger partial charge >= 0.3 is 0 Å². The van der Waals surface area contributed by atoms with Gasteiger partial charge in [0, 0.05) is 63.0 Å². The molecule has 0 radical (unpaired) electrons. The van der Waals surface area contributed by atoms with Crippen molar-refractivity contribution in [3.8, 4) is 0 Å². The molecule has 1 amide bonds. The number of piperazine rings is 1. The van der Waals surface area contributed by atoms with Gasteiger partial charge in [-0.1, -0.05) is 0 Å². The van der Waals surface area contributed by atoms with E-state index in [1.165, 1.54) is 22.6 Å². The second-order valence-electron chi connectivity index (χ2n) is 6.17. The van der Waals surface area contributed by atoms with Gasteiger partial charge in [-0.25, -0.2) is 4.98 Å². The average Bonchev–Trinajstić information content (AvgIpc) is 3.15. The topological polar surface area (TPSA) is 80.3 Å². The molecule has 0 aromatic carbocycles. The first-order valence-corrected chi connectivity index (χ1v) is 9.02. The van der Waals surface area contributed by atoms with Crippen LogP contribution in [0.15, 0.2) is 5.38 Å². The predicted octanol–water partition coefficient (Wildman–Crippen LogP) is 0.910. The summed E-state index contributed by atoms with van der Waals surface area (Å²) in [6, 6.07) is 0. The fraction of sp³-hybridized carbons (Fsp3) is 0.562. The van der Waals surface area contributed by atoms with E-state index in [9.17, 15) is 4.79 Å². The summed E-state index contributed by atoms with van der Waals surface area (Å²) < 4.78 is 1.93. The molecule has 2 N–H and O–H groups in total. The number of hydrogen-bond donors (Lipinski definition) is 1. The Morgan fingerprint density at radius 2 is 2.00 bits per heavy atom. The van der Waals surface area contributed by atoms with Crippen LogP contribution in [0, 0.1) is 13.8 Å². The van der Waals surface area contributed by atoms with E-state index in [1.807, 2.05) is 16.6 Å². The third kappa shape index (κ3) is 3.35. The minimum atomic E-state index is 0.0133. The monoisotopic (exact) mass is 348 g/mol. The molecule has 0 aliphatic carbocycles. The van der Waals surface area contributed by atoms with Crippen molar-refractivity contribution in [1.29, 1.82) is 0 Å². The van der Waals surface area contributed by atoms with Gasteiger partial charge in [-0.05, 0) is 13.8 Å². The number of hydrogen-bond acceptors (Lipinski definition) is 6. The number of thiazole rings is 1. The van der Waals surface area contributed by atoms with E-state index in [4.69, 9.17) is 5.73 Å². The molecule has 2 aromatic rings. The first kappa shape index (κ1) is 17.1. The lowest BCUT2D eigenvalue weighted by molar-refractivity contribution is 0.0623. The van der Waals surface area contributed by atoms with E-state index in [1.54, 1.807) is 5.38 Å². The van der Waals surface area contributed by atoms with Gasteiger partial charge in [0.15, 0.2) is 0 Å². The molecule has 130 valence electrons. The molecule has 0 atom stereocenters. The Morgan fingerprint density at radius 3 is 2.54 bits per heavy atom. The zero-order valence-electron chi connectivity index (χ0n) is 14.4. The zero-order valence-corrected chi connectivity index (χ0v) is 15.3. The molecule has 0 spiro atoms. The molecular weight excluding hydrogens is 324 g/mol. The van der Waals surface area contributed by atoms with Gasteiger partial charge in [0.05, 0.1) is 5.69 Å². The SMILES string of the molecule is Cc1nn(C)c(C)c1CN1CCN(C(=O)c2csc(CN)n2)CC1. The van der Waals surface area contributed by atoms with Crippen LogP contribution in [0.5, 0.6) is 0 Å². The summed E-state index contributed by atoms with van der Waals surface area (Å²) in [5, 5.41) is 7.09. The van der Waals surface area contributed by atoms with Crippen molar-refractivity contribution < 1.29 is 4.79 Å². The summed E-state index contributed by atoms with van der Waals surface area (Å²) in [7, 11) is 1.98. The fourth-order valence-corrected chi connectivity index (χ4v) is 3.69. The second-order valence-corrected chi connectivity index (χ2v) is 7.11. The number of nitrogens with two attached hydrogens (primary N) is 1. The Balaban J connectivity index is 1.58. The Morgan fingerprint density at radius 1 is 1.29 bits per heavy atom. The smallest absolute Gasteiger partial charge is 0.273 e. The molecule has 0 unspecified atom stereocenters. The minimum absolute atomic E-state index is 0.0133. The Bertz CT molecular complexity index is 729. The van der Waals surface area contributed by atoms with Gasteiger partial charge in [0.1, 0.15) is 10.7 Å². The highest BCUT2D eigenvalue weighted by Crippen LogP contribution is 2.17. The van der Waals surface area contributed by atoms with E-state index in [0.717, 1.165) is 43.4 Å². The van der Waals surface area contributed by atoms with E-state index >= 15 is 0 Å². The summed E-state index contributed by atoms with van der Waals surface area (Å²) in [4.78, 5) is 21.1. The lowest BCUT2D eigenvalue weighted by Crippen LogP contribution is -2.48. The minimum Gasteiger partial charge on any atom is -0.335 e. The molecule has 8 heteroatoms. The summed E-state index contributed by atoms with van der Waals surface area (Å²) in [5.74, 6) is 0.0133. The molecule has 2 aromatic heterocycles. The van der Waals surface area contributed by atoms with Crippen molar-refractivity contribution in [2.45, 2.75) is 26.9 Å². The summed E-state index contributed by atoms with van der Waals surface area (Å²) in [6.45, 7) is 8.63. The lowest BCUT2D eigenvalue weighted by Gasteiger charge is -2.34. The highest BCUT2D eigenvalue weighted by molar-refractivity contribution is 7.09. The Hall–Kier alpha value is -1.77. The number of carbonyl (C=O) groups excluding carboxylic acids is 1. The van der Waals surface area contributed by atoms with Crippen LogP contribution in [0.4, 0.5) is 0 Å². The van der Waals surface area contributed by atoms with Gasteiger partial charge in [-0.3, -0.25) is 14.4 Å². The third-order valence-electron chi connectivity index (χ3n) is 4.65. The molecule has 1 aliphatic heterocycles. The Labute approximate surface area is 146 Å². The van der Waals surface area contributed by atoms with Crippen molar-refractivity contribution in [3.63, 3.8) is 0 Å². The fourth-order valence-electron chi connectivity index (χ4n) is 3.04. The van der Waals surface area contributed by atoms with E-state index in [-0.39, 0.29) is 5.91 Å². The van der Waals surface area contributed by atoms with Crippen LogP contribution >= 0.6 is 11.3 Å². The van der Waals surface area contributed by atoms with E-state index in [0.29, 0.717) is 12.2 Å². The van der Waals surface area contributed by atoms with Gasteiger partial charge in [0.25, 0.3) is 5.91 Å². The molecule has 3 rings (SSSR count). The van der Waals surface area contributed by atoms with Crippen molar-refractivity contribution >= 4 is 17.2 Å². The number of aromatic nitrogens is 3. The summed E-state index contributed by atoms with van der Waals surface area (Å²) >= 11 is 1.45. The zero-order chi connectivity index (χ0) is 17.3. The van der Waals surface area contributed by atoms with Crippen LogP contribution in [-0.4, -0.2) is 56.7 Å². The van der Waals surface area contributed by atoms with E-state index in [2.05, 4.69) is 28.8 Å². The van der Waals surface area contributed by atoms with Crippen molar-refractivity contribution in [2.75, 3.05) is 26.2 Å². The van der Waals surface area contributed by atoms with Crippen molar-refractivity contribution in [1.82, 2.24) is 24.6 Å². The van der Waals surface area contributed by atoms with Gasteiger partial charge in [-0.2, -0.15) is 5.10 Å².